The Bertz CT molecular complexity index is 1280. The predicted octanol–water partition coefficient (Wildman–Crippen LogP) is 8.14. The fourth-order valence-electron chi connectivity index (χ4n) is 5.26. The summed E-state index contributed by atoms with van der Waals surface area (Å²) < 4.78 is 14.2. The summed E-state index contributed by atoms with van der Waals surface area (Å²) in [5.41, 5.74) is 3.09. The van der Waals surface area contributed by atoms with Gasteiger partial charge in [0, 0.05) is 36.8 Å². The van der Waals surface area contributed by atoms with Gasteiger partial charge in [-0.2, -0.15) is 0 Å². The van der Waals surface area contributed by atoms with E-state index in [4.69, 9.17) is 11.6 Å². The number of likely N-dealkylation sites (tertiary alicyclic amines) is 1. The maximum atomic E-state index is 14.2. The van der Waals surface area contributed by atoms with Crippen LogP contribution >= 0.6 is 11.6 Å². The van der Waals surface area contributed by atoms with Gasteiger partial charge in [0.1, 0.15) is 5.82 Å². The van der Waals surface area contributed by atoms with Crippen molar-refractivity contribution in [2.45, 2.75) is 45.4 Å². The molecule has 3 aromatic rings. The third kappa shape index (κ3) is 8.28. The minimum atomic E-state index is -0.491. The highest BCUT2D eigenvalue weighted by molar-refractivity contribution is 6.30. The fourth-order valence-corrected chi connectivity index (χ4v) is 5.38. The van der Waals surface area contributed by atoms with Crippen LogP contribution in [0, 0.1) is 11.7 Å². The van der Waals surface area contributed by atoms with Crippen molar-refractivity contribution in [3.63, 3.8) is 0 Å². The first-order valence-electron chi connectivity index (χ1n) is 14.3. The lowest BCUT2D eigenvalue weighted by atomic mass is 9.94. The van der Waals surface area contributed by atoms with Gasteiger partial charge in [0.15, 0.2) is 0 Å². The molecule has 2 amide bonds. The van der Waals surface area contributed by atoms with E-state index in [2.05, 4.69) is 25.1 Å². The smallest absolute Gasteiger partial charge is 0.256 e. The number of carbonyl (C=O) groups excluding carboxylic acids is 2. The van der Waals surface area contributed by atoms with Crippen molar-refractivity contribution in [1.29, 1.82) is 0 Å². The monoisotopic (exact) mass is 560 g/mol. The van der Waals surface area contributed by atoms with Crippen LogP contribution in [0.15, 0.2) is 84.4 Å². The Balaban J connectivity index is 1.50. The molecule has 1 saturated heterocycles. The van der Waals surface area contributed by atoms with Crippen LogP contribution in [0.1, 0.15) is 71.7 Å². The maximum absolute atomic E-state index is 14.2. The number of hydrogen-bond donors (Lipinski definition) is 0. The van der Waals surface area contributed by atoms with E-state index in [-0.39, 0.29) is 23.3 Å². The number of hydrogen-bond acceptors (Lipinski definition) is 2. The predicted molar refractivity (Wildman–Crippen MR) is 161 cm³/mol. The molecule has 0 aromatic heterocycles. The highest BCUT2D eigenvalue weighted by atomic mass is 35.5. The molecule has 0 radical (unpaired) electrons. The van der Waals surface area contributed by atoms with E-state index in [0.29, 0.717) is 36.8 Å². The maximum Gasteiger partial charge on any atom is 0.256 e. The molecular formula is C34H38ClFN2O2. The Hall–Kier alpha value is -3.44. The first kappa shape index (κ1) is 29.5. The zero-order valence-electron chi connectivity index (χ0n) is 23.2. The first-order valence-corrected chi connectivity index (χ1v) is 14.7. The van der Waals surface area contributed by atoms with Gasteiger partial charge >= 0.3 is 0 Å². The standard InChI is InChI=1S/C34H38ClFN2O2/c1-2-3-5-12-28(23-26-10-6-4-7-11-26)25-38(33(39)29-15-17-30(35)18-16-29)24-27-19-21-37(22-20-27)34(40)31-13-8-9-14-32(31)36/h4,6-11,13-18,23,27H,2-3,5,12,19-22,24-25H2,1H3/b28-23-. The van der Waals surface area contributed by atoms with Gasteiger partial charge < -0.3 is 9.80 Å². The molecule has 210 valence electrons. The molecule has 6 heteroatoms. The molecule has 4 nitrogen and oxygen atoms in total. The third-order valence-corrected chi connectivity index (χ3v) is 7.78. The minimum Gasteiger partial charge on any atom is -0.339 e. The lowest BCUT2D eigenvalue weighted by Gasteiger charge is -2.35. The van der Waals surface area contributed by atoms with Crippen molar-refractivity contribution in [2.75, 3.05) is 26.2 Å². The second kappa shape index (κ2) is 14.8. The molecule has 1 fully saturated rings. The van der Waals surface area contributed by atoms with Crippen molar-refractivity contribution < 1.29 is 14.0 Å². The highest BCUT2D eigenvalue weighted by Crippen LogP contribution is 2.24. The molecule has 40 heavy (non-hydrogen) atoms. The summed E-state index contributed by atoms with van der Waals surface area (Å²) in [6, 6.07) is 23.5. The molecule has 1 aliphatic heterocycles. The van der Waals surface area contributed by atoms with Gasteiger partial charge in [-0.1, -0.05) is 85.5 Å². The lowest BCUT2D eigenvalue weighted by molar-refractivity contribution is 0.0615. The van der Waals surface area contributed by atoms with Gasteiger partial charge in [-0.3, -0.25) is 9.59 Å². The van der Waals surface area contributed by atoms with Crippen molar-refractivity contribution in [3.05, 3.63) is 112 Å². The van der Waals surface area contributed by atoms with Crippen LogP contribution < -0.4 is 0 Å². The van der Waals surface area contributed by atoms with E-state index < -0.39 is 5.82 Å². The fraction of sp³-hybridized carbons (Fsp3) is 0.353. The highest BCUT2D eigenvalue weighted by Gasteiger charge is 2.28. The number of carbonyl (C=O) groups is 2. The van der Waals surface area contributed by atoms with Gasteiger partial charge in [0.25, 0.3) is 11.8 Å². The molecule has 3 aromatic carbocycles. The molecule has 4 rings (SSSR count). The van der Waals surface area contributed by atoms with Crippen LogP contribution in [0.3, 0.4) is 0 Å². The Labute approximate surface area is 242 Å². The summed E-state index contributed by atoms with van der Waals surface area (Å²) in [5.74, 6) is -0.532. The van der Waals surface area contributed by atoms with Crippen LogP contribution in [0.5, 0.6) is 0 Å². The van der Waals surface area contributed by atoms with E-state index in [1.165, 1.54) is 17.7 Å². The number of amides is 2. The summed E-state index contributed by atoms with van der Waals surface area (Å²) in [6.07, 6.45) is 8.03. The zero-order chi connectivity index (χ0) is 28.3. The number of rotatable bonds is 11. The van der Waals surface area contributed by atoms with E-state index in [9.17, 15) is 14.0 Å². The Morgan fingerprint density at radius 2 is 1.62 bits per heavy atom. The average Bonchev–Trinajstić information content (AvgIpc) is 2.98. The molecule has 1 aliphatic rings. The van der Waals surface area contributed by atoms with E-state index in [1.807, 2.05) is 23.1 Å². The quantitative estimate of drug-likeness (QED) is 0.222. The number of piperidine rings is 1. The second-order valence-electron chi connectivity index (χ2n) is 10.6. The van der Waals surface area contributed by atoms with Crippen LogP contribution in [0.4, 0.5) is 4.39 Å². The average molecular weight is 561 g/mol. The lowest BCUT2D eigenvalue weighted by Crippen LogP contribution is -2.43. The van der Waals surface area contributed by atoms with Crippen LogP contribution in [-0.2, 0) is 0 Å². The zero-order valence-corrected chi connectivity index (χ0v) is 24.0. The van der Waals surface area contributed by atoms with Crippen LogP contribution in [0.25, 0.3) is 6.08 Å². The van der Waals surface area contributed by atoms with E-state index in [1.54, 1.807) is 41.3 Å². The molecule has 0 saturated carbocycles. The Kier molecular flexibility index (Phi) is 10.9. The SMILES string of the molecule is CCCCC/C(=C/c1ccccc1)CN(CC1CCN(C(=O)c2ccccc2F)CC1)C(=O)c1ccc(Cl)cc1. The van der Waals surface area contributed by atoms with Gasteiger partial charge in [-0.25, -0.2) is 4.39 Å². The molecule has 0 atom stereocenters. The van der Waals surface area contributed by atoms with Crippen molar-refractivity contribution >= 4 is 29.5 Å². The minimum absolute atomic E-state index is 0.0176. The Morgan fingerprint density at radius 1 is 0.950 bits per heavy atom. The third-order valence-electron chi connectivity index (χ3n) is 7.53. The molecule has 0 spiro atoms. The topological polar surface area (TPSA) is 40.6 Å². The summed E-state index contributed by atoms with van der Waals surface area (Å²) >= 11 is 6.10. The molecule has 0 bridgehead atoms. The van der Waals surface area contributed by atoms with Crippen molar-refractivity contribution in [1.82, 2.24) is 9.80 Å². The van der Waals surface area contributed by atoms with E-state index in [0.717, 1.165) is 44.1 Å². The van der Waals surface area contributed by atoms with Gasteiger partial charge in [0.2, 0.25) is 0 Å². The molecule has 1 heterocycles. The molecular weight excluding hydrogens is 523 g/mol. The van der Waals surface area contributed by atoms with Gasteiger partial charge in [-0.15, -0.1) is 0 Å². The summed E-state index contributed by atoms with van der Waals surface area (Å²) in [4.78, 5) is 30.4. The van der Waals surface area contributed by atoms with Gasteiger partial charge in [-0.05, 0) is 73.6 Å². The summed E-state index contributed by atoms with van der Waals surface area (Å²) in [5, 5.41) is 0.596. The van der Waals surface area contributed by atoms with Crippen molar-refractivity contribution in [3.8, 4) is 0 Å². The number of nitrogens with zero attached hydrogens (tertiary/aromatic N) is 2. The molecule has 0 unspecified atom stereocenters. The van der Waals surface area contributed by atoms with Crippen LogP contribution in [0.2, 0.25) is 5.02 Å². The Morgan fingerprint density at radius 3 is 2.30 bits per heavy atom. The van der Waals surface area contributed by atoms with Gasteiger partial charge in [0.05, 0.1) is 5.56 Å². The largest absolute Gasteiger partial charge is 0.339 e. The second-order valence-corrected chi connectivity index (χ2v) is 11.0. The molecule has 0 N–H and O–H groups in total. The summed E-state index contributed by atoms with van der Waals surface area (Å²) in [6.45, 7) is 4.44. The number of halogens is 2. The van der Waals surface area contributed by atoms with E-state index >= 15 is 0 Å². The first-order chi connectivity index (χ1) is 19.4. The van der Waals surface area contributed by atoms with Crippen molar-refractivity contribution in [2.24, 2.45) is 5.92 Å². The molecule has 0 aliphatic carbocycles. The number of benzene rings is 3. The normalized spacial score (nSPS) is 14.3. The van der Waals surface area contributed by atoms with Crippen LogP contribution in [-0.4, -0.2) is 47.8 Å². The summed E-state index contributed by atoms with van der Waals surface area (Å²) in [7, 11) is 0. The number of unbranched alkanes of at least 4 members (excludes halogenated alkanes) is 2.